The Morgan fingerprint density at radius 1 is 1.09 bits per heavy atom. The van der Waals surface area contributed by atoms with E-state index in [0.717, 1.165) is 6.66 Å². The molecule has 6 heteroatoms. The van der Waals surface area contributed by atoms with Gasteiger partial charge in [-0.25, -0.2) is 4.79 Å². The first kappa shape index (κ1) is 17.4. The minimum absolute atomic E-state index is 0.188. The average Bonchev–Trinajstić information content (AvgIpc) is 2.54. The molecule has 0 aliphatic heterocycles. The number of benzene rings is 2. The van der Waals surface area contributed by atoms with Crippen LogP contribution >= 0.6 is 7.60 Å². The number of hydrogen-bond acceptors (Lipinski definition) is 4. The predicted octanol–water partition coefficient (Wildman–Crippen LogP) is 3.94. The van der Waals surface area contributed by atoms with E-state index in [1.807, 2.05) is 0 Å². The molecule has 2 atom stereocenters. The van der Waals surface area contributed by atoms with Gasteiger partial charge in [0.05, 0.1) is 5.56 Å². The summed E-state index contributed by atoms with van der Waals surface area (Å²) in [4.78, 5) is 22.1. The fraction of sp³-hybridized carbons (Fsp3) is 0.235. The summed E-state index contributed by atoms with van der Waals surface area (Å²) in [5, 5.41) is 0. The van der Waals surface area contributed by atoms with Gasteiger partial charge in [0.15, 0.2) is 0 Å². The third kappa shape index (κ3) is 4.52. The highest BCUT2D eigenvalue weighted by molar-refractivity contribution is 7.51. The van der Waals surface area contributed by atoms with Crippen LogP contribution in [0, 0.1) is 0 Å². The summed E-state index contributed by atoms with van der Waals surface area (Å²) in [6.45, 7) is 2.79. The Morgan fingerprint density at radius 3 is 2.09 bits per heavy atom. The number of carbonyl (C=O) groups is 1. The van der Waals surface area contributed by atoms with E-state index in [9.17, 15) is 14.3 Å². The third-order valence-electron chi connectivity index (χ3n) is 3.26. The van der Waals surface area contributed by atoms with Gasteiger partial charge in [-0.1, -0.05) is 55.5 Å². The van der Waals surface area contributed by atoms with Crippen LogP contribution in [0.3, 0.4) is 0 Å². The highest BCUT2D eigenvalue weighted by atomic mass is 31.2. The Hall–Kier alpha value is -1.94. The second kappa shape index (κ2) is 7.09. The summed E-state index contributed by atoms with van der Waals surface area (Å²) < 4.78 is 22.7. The molecule has 1 N–H and O–H groups in total. The van der Waals surface area contributed by atoms with Gasteiger partial charge in [0, 0.05) is 18.6 Å². The predicted molar refractivity (Wildman–Crippen MR) is 87.1 cm³/mol. The molecule has 2 aromatic carbocycles. The summed E-state index contributed by atoms with van der Waals surface area (Å²) in [5.41, 5.74) is 0.844. The minimum Gasteiger partial charge on any atom is -0.425 e. The molecular weight excluding hydrogens is 315 g/mol. The van der Waals surface area contributed by atoms with Crippen LogP contribution in [-0.4, -0.2) is 17.5 Å². The Bertz CT molecular complexity index is 695. The van der Waals surface area contributed by atoms with Gasteiger partial charge >= 0.3 is 13.6 Å². The van der Waals surface area contributed by atoms with Crippen LogP contribution in [0.1, 0.15) is 29.3 Å². The lowest BCUT2D eigenvalue weighted by atomic mass is 10.0. The van der Waals surface area contributed by atoms with E-state index in [1.54, 1.807) is 67.6 Å². The molecule has 0 spiro atoms. The quantitative estimate of drug-likeness (QED) is 0.492. The molecule has 0 aliphatic rings. The topological polar surface area (TPSA) is 72.8 Å². The van der Waals surface area contributed by atoms with Crippen molar-refractivity contribution in [1.82, 2.24) is 0 Å². The fourth-order valence-electron chi connectivity index (χ4n) is 2.22. The van der Waals surface area contributed by atoms with Crippen LogP contribution in [0.15, 0.2) is 60.7 Å². The molecule has 2 unspecified atom stereocenters. The molecule has 0 aliphatic carbocycles. The van der Waals surface area contributed by atoms with Crippen molar-refractivity contribution in [2.24, 2.45) is 0 Å². The van der Waals surface area contributed by atoms with E-state index in [0.29, 0.717) is 11.1 Å². The Kier molecular flexibility index (Phi) is 5.37. The summed E-state index contributed by atoms with van der Waals surface area (Å²) in [6, 6.07) is 17.1. The van der Waals surface area contributed by atoms with Crippen molar-refractivity contribution in [1.29, 1.82) is 0 Å². The number of ether oxygens (including phenoxy) is 1. The fourth-order valence-corrected chi connectivity index (χ4v) is 3.04. The third-order valence-corrected chi connectivity index (χ3v) is 3.90. The second-order valence-electron chi connectivity index (χ2n) is 5.12. The Morgan fingerprint density at radius 2 is 1.61 bits per heavy atom. The van der Waals surface area contributed by atoms with Crippen molar-refractivity contribution in [2.45, 2.75) is 19.1 Å². The van der Waals surface area contributed by atoms with Crippen molar-refractivity contribution in [2.75, 3.05) is 6.66 Å². The number of hydrogen-bond donors (Lipinski definition) is 1. The number of carbonyl (C=O) groups excluding carboxylic acids is 1. The molecule has 122 valence electrons. The van der Waals surface area contributed by atoms with Crippen LogP contribution < -0.4 is 0 Å². The first-order valence-corrected chi connectivity index (χ1v) is 9.24. The zero-order valence-corrected chi connectivity index (χ0v) is 13.9. The summed E-state index contributed by atoms with van der Waals surface area (Å²) >= 11 is 0. The van der Waals surface area contributed by atoms with E-state index in [4.69, 9.17) is 9.26 Å². The average molecular weight is 334 g/mol. The van der Waals surface area contributed by atoms with Crippen LogP contribution in [0.4, 0.5) is 0 Å². The Balaban J connectivity index is 2.41. The lowest BCUT2D eigenvalue weighted by Gasteiger charge is -2.33. The summed E-state index contributed by atoms with van der Waals surface area (Å²) in [6.07, 6.45) is 0.188. The maximum Gasteiger partial charge on any atom is 0.340 e. The monoisotopic (exact) mass is 334 g/mol. The molecule has 0 radical (unpaired) electrons. The van der Waals surface area contributed by atoms with Gasteiger partial charge in [0.2, 0.25) is 5.79 Å². The lowest BCUT2D eigenvalue weighted by molar-refractivity contribution is -0.158. The minimum atomic E-state index is -3.89. The maximum absolute atomic E-state index is 12.4. The van der Waals surface area contributed by atoms with Crippen molar-refractivity contribution in [3.8, 4) is 0 Å². The van der Waals surface area contributed by atoms with E-state index in [-0.39, 0.29) is 6.42 Å². The van der Waals surface area contributed by atoms with Crippen molar-refractivity contribution >= 4 is 13.6 Å². The van der Waals surface area contributed by atoms with Crippen molar-refractivity contribution in [3.63, 3.8) is 0 Å². The van der Waals surface area contributed by atoms with Crippen LogP contribution in [0.2, 0.25) is 0 Å². The Labute approximate surface area is 135 Å². The molecule has 0 aromatic heterocycles. The zero-order chi connectivity index (χ0) is 16.9. The van der Waals surface area contributed by atoms with Gasteiger partial charge in [0.1, 0.15) is 0 Å². The van der Waals surface area contributed by atoms with Crippen LogP contribution in [-0.2, 0) is 19.6 Å². The number of esters is 1. The first-order chi connectivity index (χ1) is 10.9. The first-order valence-electron chi connectivity index (χ1n) is 7.21. The van der Waals surface area contributed by atoms with Gasteiger partial charge < -0.3 is 9.63 Å². The normalized spacial score (nSPS) is 16.1. The van der Waals surface area contributed by atoms with Crippen molar-refractivity contribution < 1.29 is 23.5 Å². The van der Waals surface area contributed by atoms with E-state index < -0.39 is 19.4 Å². The van der Waals surface area contributed by atoms with Gasteiger partial charge in [-0.3, -0.25) is 9.09 Å². The summed E-state index contributed by atoms with van der Waals surface area (Å²) in [7, 11) is -3.89. The van der Waals surface area contributed by atoms with E-state index in [1.165, 1.54) is 0 Å². The second-order valence-corrected chi connectivity index (χ2v) is 6.91. The molecule has 2 rings (SSSR count). The summed E-state index contributed by atoms with van der Waals surface area (Å²) in [5.74, 6) is -2.24. The van der Waals surface area contributed by atoms with Crippen molar-refractivity contribution in [3.05, 3.63) is 71.8 Å². The van der Waals surface area contributed by atoms with Gasteiger partial charge in [-0.15, -0.1) is 0 Å². The molecule has 0 saturated heterocycles. The molecule has 0 amide bonds. The molecule has 5 nitrogen and oxygen atoms in total. The molecule has 0 heterocycles. The van der Waals surface area contributed by atoms with Crippen LogP contribution in [0.25, 0.3) is 0 Å². The highest BCUT2D eigenvalue weighted by Gasteiger charge is 2.41. The lowest BCUT2D eigenvalue weighted by Crippen LogP contribution is -2.34. The van der Waals surface area contributed by atoms with Gasteiger partial charge in [0.25, 0.3) is 0 Å². The SMILES string of the molecule is CCC(OC(=O)c1ccccc1)(OP(C)(=O)O)c1ccccc1. The van der Waals surface area contributed by atoms with Crippen LogP contribution in [0.5, 0.6) is 0 Å². The molecule has 0 saturated carbocycles. The van der Waals surface area contributed by atoms with Gasteiger partial charge in [-0.05, 0) is 12.1 Å². The zero-order valence-electron chi connectivity index (χ0n) is 13.0. The smallest absolute Gasteiger partial charge is 0.340 e. The number of rotatable bonds is 6. The van der Waals surface area contributed by atoms with E-state index in [2.05, 4.69) is 0 Å². The molecule has 2 aromatic rings. The standard InChI is InChI=1S/C17H19O5P/c1-3-17(22-23(2,19)20,15-12-8-5-9-13-15)21-16(18)14-10-6-4-7-11-14/h4-13H,3H2,1-2H3,(H,19,20). The van der Waals surface area contributed by atoms with Gasteiger partial charge in [-0.2, -0.15) is 0 Å². The molecule has 23 heavy (non-hydrogen) atoms. The highest BCUT2D eigenvalue weighted by Crippen LogP contribution is 2.48. The molecule has 0 fully saturated rings. The molecular formula is C17H19O5P. The molecule has 0 bridgehead atoms. The maximum atomic E-state index is 12.4. The largest absolute Gasteiger partial charge is 0.425 e. The van der Waals surface area contributed by atoms with E-state index >= 15 is 0 Å².